The minimum absolute atomic E-state index is 0.00771. The van der Waals surface area contributed by atoms with Crippen LogP contribution in [0.25, 0.3) is 0 Å². The SMILES string of the molecule is Cc1ccc(C#CCN)c(C(=O)N2CCOCC2(C)C)c1. The Balaban J connectivity index is 2.40. The smallest absolute Gasteiger partial charge is 0.255 e. The van der Waals surface area contributed by atoms with Gasteiger partial charge in [0.1, 0.15) is 0 Å². The average Bonchev–Trinajstić information content (AvgIpc) is 2.45. The first-order valence-corrected chi connectivity index (χ1v) is 7.15. The van der Waals surface area contributed by atoms with Crippen molar-refractivity contribution in [1.29, 1.82) is 0 Å². The van der Waals surface area contributed by atoms with Crippen molar-refractivity contribution in [3.05, 3.63) is 34.9 Å². The number of benzene rings is 1. The fourth-order valence-electron chi connectivity index (χ4n) is 2.47. The van der Waals surface area contributed by atoms with Crippen LogP contribution in [0.1, 0.15) is 35.3 Å². The van der Waals surface area contributed by atoms with Crippen molar-refractivity contribution in [2.45, 2.75) is 26.3 Å². The molecule has 1 aromatic carbocycles. The molecule has 1 amide bonds. The van der Waals surface area contributed by atoms with Crippen LogP contribution in [-0.2, 0) is 4.74 Å². The maximum absolute atomic E-state index is 12.9. The fraction of sp³-hybridized carbons (Fsp3) is 0.471. The molecule has 0 aliphatic carbocycles. The summed E-state index contributed by atoms with van der Waals surface area (Å²) in [4.78, 5) is 14.8. The topological polar surface area (TPSA) is 55.6 Å². The van der Waals surface area contributed by atoms with Gasteiger partial charge < -0.3 is 15.4 Å². The van der Waals surface area contributed by atoms with Gasteiger partial charge in [-0.1, -0.05) is 23.5 Å². The Labute approximate surface area is 126 Å². The molecule has 1 aromatic rings. The van der Waals surface area contributed by atoms with Gasteiger partial charge in [-0.05, 0) is 32.9 Å². The van der Waals surface area contributed by atoms with E-state index in [0.29, 0.717) is 25.3 Å². The first-order valence-electron chi connectivity index (χ1n) is 7.15. The summed E-state index contributed by atoms with van der Waals surface area (Å²) < 4.78 is 5.48. The summed E-state index contributed by atoms with van der Waals surface area (Å²) in [5, 5.41) is 0. The maximum Gasteiger partial charge on any atom is 0.255 e. The van der Waals surface area contributed by atoms with E-state index in [4.69, 9.17) is 10.5 Å². The van der Waals surface area contributed by atoms with Gasteiger partial charge in [-0.15, -0.1) is 0 Å². The summed E-state index contributed by atoms with van der Waals surface area (Å²) in [6.45, 7) is 8.02. The molecule has 4 heteroatoms. The highest BCUT2D eigenvalue weighted by molar-refractivity contribution is 5.97. The van der Waals surface area contributed by atoms with Crippen LogP contribution in [0.5, 0.6) is 0 Å². The van der Waals surface area contributed by atoms with Crippen molar-refractivity contribution in [3.8, 4) is 11.8 Å². The van der Waals surface area contributed by atoms with Gasteiger partial charge in [0.25, 0.3) is 5.91 Å². The van der Waals surface area contributed by atoms with Crippen molar-refractivity contribution in [2.24, 2.45) is 5.73 Å². The molecule has 1 aliphatic heterocycles. The third kappa shape index (κ3) is 3.44. The van der Waals surface area contributed by atoms with Gasteiger partial charge in [0.05, 0.1) is 30.9 Å². The predicted molar refractivity (Wildman–Crippen MR) is 83.0 cm³/mol. The number of amides is 1. The van der Waals surface area contributed by atoms with Crippen molar-refractivity contribution < 1.29 is 9.53 Å². The zero-order valence-electron chi connectivity index (χ0n) is 12.9. The van der Waals surface area contributed by atoms with E-state index >= 15 is 0 Å². The second kappa shape index (κ2) is 6.30. The molecule has 112 valence electrons. The van der Waals surface area contributed by atoms with Gasteiger partial charge >= 0.3 is 0 Å². The molecule has 0 unspecified atom stereocenters. The van der Waals surface area contributed by atoms with Crippen LogP contribution < -0.4 is 5.73 Å². The van der Waals surface area contributed by atoms with Crippen LogP contribution in [-0.4, -0.2) is 42.6 Å². The lowest BCUT2D eigenvalue weighted by Gasteiger charge is -2.42. The Morgan fingerprint density at radius 2 is 2.24 bits per heavy atom. The number of nitrogens with zero attached hydrogens (tertiary/aromatic N) is 1. The van der Waals surface area contributed by atoms with Crippen LogP contribution in [0.2, 0.25) is 0 Å². The molecule has 2 N–H and O–H groups in total. The summed E-state index contributed by atoms with van der Waals surface area (Å²) in [6, 6.07) is 5.74. The highest BCUT2D eigenvalue weighted by Gasteiger charge is 2.35. The van der Waals surface area contributed by atoms with E-state index < -0.39 is 0 Å². The third-order valence-corrected chi connectivity index (χ3v) is 3.62. The number of nitrogens with two attached hydrogens (primary N) is 1. The average molecular weight is 286 g/mol. The van der Waals surface area contributed by atoms with Gasteiger partial charge in [0, 0.05) is 12.1 Å². The molecule has 0 aromatic heterocycles. The van der Waals surface area contributed by atoms with Crippen molar-refractivity contribution >= 4 is 5.91 Å². The zero-order chi connectivity index (χ0) is 15.5. The van der Waals surface area contributed by atoms with Crippen LogP contribution >= 0.6 is 0 Å². The van der Waals surface area contributed by atoms with Crippen LogP contribution in [0.15, 0.2) is 18.2 Å². The van der Waals surface area contributed by atoms with Gasteiger partial charge in [-0.2, -0.15) is 0 Å². The van der Waals surface area contributed by atoms with Crippen LogP contribution in [0, 0.1) is 18.8 Å². The van der Waals surface area contributed by atoms with Gasteiger partial charge in [0.2, 0.25) is 0 Å². The molecule has 1 saturated heterocycles. The lowest BCUT2D eigenvalue weighted by molar-refractivity contribution is -0.0370. The number of rotatable bonds is 1. The molecule has 4 nitrogen and oxygen atoms in total. The normalized spacial score (nSPS) is 17.0. The number of carbonyl (C=O) groups is 1. The Morgan fingerprint density at radius 3 is 2.90 bits per heavy atom. The number of hydrogen-bond acceptors (Lipinski definition) is 3. The molecule has 0 bridgehead atoms. The predicted octanol–water partition coefficient (Wildman–Crippen LogP) is 1.56. The number of aryl methyl sites for hydroxylation is 1. The zero-order valence-corrected chi connectivity index (χ0v) is 12.9. The molecule has 1 fully saturated rings. The van der Waals surface area contributed by atoms with Gasteiger partial charge in [0.15, 0.2) is 0 Å². The van der Waals surface area contributed by atoms with Crippen LogP contribution in [0.4, 0.5) is 0 Å². The monoisotopic (exact) mass is 286 g/mol. The Kier molecular flexibility index (Phi) is 4.66. The second-order valence-corrected chi connectivity index (χ2v) is 5.88. The number of ether oxygens (including phenoxy) is 1. The number of morpholine rings is 1. The summed E-state index contributed by atoms with van der Waals surface area (Å²) in [6.07, 6.45) is 0. The minimum Gasteiger partial charge on any atom is -0.377 e. The molecule has 21 heavy (non-hydrogen) atoms. The first-order chi connectivity index (χ1) is 9.95. The molecule has 0 atom stereocenters. The third-order valence-electron chi connectivity index (χ3n) is 3.62. The summed E-state index contributed by atoms with van der Waals surface area (Å²) in [7, 11) is 0. The fourth-order valence-corrected chi connectivity index (χ4v) is 2.47. The molecule has 1 heterocycles. The molecule has 2 rings (SSSR count). The van der Waals surface area contributed by atoms with E-state index in [9.17, 15) is 4.79 Å². The largest absolute Gasteiger partial charge is 0.377 e. The highest BCUT2D eigenvalue weighted by atomic mass is 16.5. The summed E-state index contributed by atoms with van der Waals surface area (Å²) >= 11 is 0. The van der Waals surface area contributed by atoms with Crippen molar-refractivity contribution in [3.63, 3.8) is 0 Å². The van der Waals surface area contributed by atoms with Crippen molar-refractivity contribution in [1.82, 2.24) is 4.90 Å². The van der Waals surface area contributed by atoms with Gasteiger partial charge in [-0.25, -0.2) is 0 Å². The van der Waals surface area contributed by atoms with E-state index in [1.54, 1.807) is 0 Å². The van der Waals surface area contributed by atoms with E-state index in [2.05, 4.69) is 11.8 Å². The molecule has 1 aliphatic rings. The summed E-state index contributed by atoms with van der Waals surface area (Å²) in [5.74, 6) is 5.83. The molecule has 0 radical (unpaired) electrons. The lowest BCUT2D eigenvalue weighted by atomic mass is 9.98. The van der Waals surface area contributed by atoms with Gasteiger partial charge in [-0.3, -0.25) is 4.79 Å². The van der Waals surface area contributed by atoms with E-state index in [1.807, 2.05) is 43.9 Å². The number of carbonyl (C=O) groups excluding carboxylic acids is 1. The van der Waals surface area contributed by atoms with E-state index in [0.717, 1.165) is 11.1 Å². The summed E-state index contributed by atoms with van der Waals surface area (Å²) in [5.41, 5.74) is 7.55. The Bertz CT molecular complexity index is 597. The maximum atomic E-state index is 12.9. The molecule has 0 saturated carbocycles. The first kappa shape index (κ1) is 15.6. The highest BCUT2D eigenvalue weighted by Crippen LogP contribution is 2.23. The molecule has 0 spiro atoms. The Morgan fingerprint density at radius 1 is 1.48 bits per heavy atom. The van der Waals surface area contributed by atoms with E-state index in [-0.39, 0.29) is 18.0 Å². The standard InChI is InChI=1S/C17H22N2O2/c1-13-6-7-14(5-4-8-18)15(11-13)16(20)19-9-10-21-12-17(19,2)3/h6-7,11H,8-10,12,18H2,1-3H3. The molecular formula is C17H22N2O2. The lowest BCUT2D eigenvalue weighted by Crippen LogP contribution is -2.55. The Hall–Kier alpha value is -1.83. The molecular weight excluding hydrogens is 264 g/mol. The van der Waals surface area contributed by atoms with Crippen molar-refractivity contribution in [2.75, 3.05) is 26.3 Å². The van der Waals surface area contributed by atoms with E-state index in [1.165, 1.54) is 0 Å². The van der Waals surface area contributed by atoms with Crippen LogP contribution in [0.3, 0.4) is 0 Å². The number of hydrogen-bond donors (Lipinski definition) is 1. The minimum atomic E-state index is -0.308. The quantitative estimate of drug-likeness (QED) is 0.797. The second-order valence-electron chi connectivity index (χ2n) is 5.88.